The van der Waals surface area contributed by atoms with Crippen LogP contribution in [-0.2, 0) is 11.3 Å². The molecule has 0 spiro atoms. The lowest BCUT2D eigenvalue weighted by Gasteiger charge is -2.13. The lowest BCUT2D eigenvalue weighted by molar-refractivity contribution is 0.128. The minimum Gasteiger partial charge on any atom is -0.374 e. The van der Waals surface area contributed by atoms with Crippen LogP contribution in [0, 0.1) is 3.57 Å². The van der Waals surface area contributed by atoms with Gasteiger partial charge in [0.15, 0.2) is 5.82 Å². The third-order valence-corrected chi connectivity index (χ3v) is 3.21. The van der Waals surface area contributed by atoms with E-state index >= 15 is 0 Å². The Bertz CT molecular complexity index is 355. The topological polar surface area (TPSA) is 47.0 Å². The van der Waals surface area contributed by atoms with E-state index in [0.717, 1.165) is 20.9 Å². The number of anilines is 1. The number of ether oxygens (including phenoxy) is 1. The van der Waals surface area contributed by atoms with Crippen LogP contribution in [0.5, 0.6) is 0 Å². The molecule has 0 aliphatic rings. The third-order valence-electron chi connectivity index (χ3n) is 2.14. The van der Waals surface area contributed by atoms with Crippen LogP contribution in [0.2, 0.25) is 0 Å². The lowest BCUT2D eigenvalue weighted by atomic mass is 10.1. The largest absolute Gasteiger partial charge is 0.374 e. The first-order valence-corrected chi connectivity index (χ1v) is 6.49. The maximum Gasteiger partial charge on any atom is 0.156 e. The molecule has 0 unspecified atom stereocenters. The summed E-state index contributed by atoms with van der Waals surface area (Å²) in [5, 5.41) is 3.09. The van der Waals surface area contributed by atoms with Crippen LogP contribution in [-0.4, -0.2) is 23.6 Å². The summed E-state index contributed by atoms with van der Waals surface area (Å²) in [6.07, 6.45) is 0. The first kappa shape index (κ1) is 13.6. The zero-order valence-electron chi connectivity index (χ0n) is 10.2. The average molecular weight is 335 g/mol. The summed E-state index contributed by atoms with van der Waals surface area (Å²) in [5.41, 5.74) is 1.08. The predicted octanol–water partition coefficient (Wildman–Crippen LogP) is 2.78. The Labute approximate surface area is 110 Å². The summed E-state index contributed by atoms with van der Waals surface area (Å²) in [6, 6.07) is 0. The van der Waals surface area contributed by atoms with Crippen molar-refractivity contribution >= 4 is 28.4 Å². The van der Waals surface area contributed by atoms with E-state index in [4.69, 9.17) is 4.74 Å². The molecule has 0 bridgehead atoms. The number of hydrogen-bond donors (Lipinski definition) is 1. The molecule has 0 aliphatic carbocycles. The van der Waals surface area contributed by atoms with E-state index in [0.29, 0.717) is 19.1 Å². The van der Waals surface area contributed by atoms with Gasteiger partial charge in [0.05, 0.1) is 9.26 Å². The molecule has 0 fully saturated rings. The smallest absolute Gasteiger partial charge is 0.156 e. The fourth-order valence-corrected chi connectivity index (χ4v) is 2.45. The van der Waals surface area contributed by atoms with Gasteiger partial charge in [0.1, 0.15) is 12.4 Å². The summed E-state index contributed by atoms with van der Waals surface area (Å²) in [5.74, 6) is 2.02. The molecule has 5 heteroatoms. The third kappa shape index (κ3) is 3.28. The Balaban J connectivity index is 3.07. The van der Waals surface area contributed by atoms with Crippen molar-refractivity contribution in [3.63, 3.8) is 0 Å². The standard InChI is InChI=1S/C11H18IN3O/c1-5-16-6-8-14-10(7(2)3)9(12)11(13-4)15-8/h7H,5-6H2,1-4H3,(H,13,14,15). The first-order chi connectivity index (χ1) is 7.60. The number of rotatable bonds is 5. The Kier molecular flexibility index (Phi) is 5.40. The Hall–Kier alpha value is -0.430. The summed E-state index contributed by atoms with van der Waals surface area (Å²) in [4.78, 5) is 8.95. The van der Waals surface area contributed by atoms with Crippen LogP contribution in [0.25, 0.3) is 0 Å². The summed E-state index contributed by atoms with van der Waals surface area (Å²) >= 11 is 2.28. The number of nitrogens with one attached hydrogen (secondary N) is 1. The van der Waals surface area contributed by atoms with Crippen molar-refractivity contribution in [3.05, 3.63) is 15.1 Å². The first-order valence-electron chi connectivity index (χ1n) is 5.41. The Morgan fingerprint density at radius 3 is 2.56 bits per heavy atom. The second kappa shape index (κ2) is 6.34. The molecule has 0 amide bonds. The summed E-state index contributed by atoms with van der Waals surface area (Å²) < 4.78 is 6.43. The highest BCUT2D eigenvalue weighted by Crippen LogP contribution is 2.24. The van der Waals surface area contributed by atoms with E-state index in [1.54, 1.807) is 0 Å². The molecule has 1 rings (SSSR count). The molecule has 0 radical (unpaired) electrons. The van der Waals surface area contributed by atoms with E-state index < -0.39 is 0 Å². The average Bonchev–Trinajstić information content (AvgIpc) is 2.27. The molecule has 1 heterocycles. The van der Waals surface area contributed by atoms with Crippen molar-refractivity contribution in [1.29, 1.82) is 0 Å². The zero-order chi connectivity index (χ0) is 12.1. The lowest BCUT2D eigenvalue weighted by Crippen LogP contribution is -2.09. The maximum atomic E-state index is 5.34. The molecular weight excluding hydrogens is 317 g/mol. The molecule has 0 saturated carbocycles. The van der Waals surface area contributed by atoms with Crippen LogP contribution in [0.15, 0.2) is 0 Å². The normalized spacial score (nSPS) is 10.9. The molecule has 1 aromatic heterocycles. The minimum absolute atomic E-state index is 0.391. The van der Waals surface area contributed by atoms with Crippen molar-refractivity contribution in [2.24, 2.45) is 0 Å². The SMILES string of the molecule is CCOCc1nc(NC)c(I)c(C(C)C)n1. The molecule has 1 aromatic rings. The Morgan fingerprint density at radius 2 is 2.06 bits per heavy atom. The van der Waals surface area contributed by atoms with Gasteiger partial charge in [0.2, 0.25) is 0 Å². The minimum atomic E-state index is 0.391. The van der Waals surface area contributed by atoms with Crippen molar-refractivity contribution in [3.8, 4) is 0 Å². The van der Waals surface area contributed by atoms with E-state index in [1.807, 2.05) is 14.0 Å². The van der Waals surface area contributed by atoms with Gasteiger partial charge in [-0.1, -0.05) is 13.8 Å². The molecule has 0 aromatic carbocycles. The second-order valence-electron chi connectivity index (χ2n) is 3.73. The highest BCUT2D eigenvalue weighted by Gasteiger charge is 2.13. The quantitative estimate of drug-likeness (QED) is 0.841. The molecule has 16 heavy (non-hydrogen) atoms. The maximum absolute atomic E-state index is 5.34. The van der Waals surface area contributed by atoms with Crippen molar-refractivity contribution in [2.75, 3.05) is 19.0 Å². The number of hydrogen-bond acceptors (Lipinski definition) is 4. The number of aromatic nitrogens is 2. The second-order valence-corrected chi connectivity index (χ2v) is 4.81. The summed E-state index contributed by atoms with van der Waals surface area (Å²) in [7, 11) is 1.87. The molecule has 4 nitrogen and oxygen atoms in total. The van der Waals surface area contributed by atoms with Crippen LogP contribution >= 0.6 is 22.6 Å². The van der Waals surface area contributed by atoms with Crippen LogP contribution < -0.4 is 5.32 Å². The fraction of sp³-hybridized carbons (Fsp3) is 0.636. The van der Waals surface area contributed by atoms with Gasteiger partial charge in [-0.3, -0.25) is 0 Å². The predicted molar refractivity (Wildman–Crippen MR) is 73.7 cm³/mol. The van der Waals surface area contributed by atoms with Crippen molar-refractivity contribution in [1.82, 2.24) is 9.97 Å². The van der Waals surface area contributed by atoms with Gasteiger partial charge in [-0.2, -0.15) is 0 Å². The van der Waals surface area contributed by atoms with E-state index in [9.17, 15) is 0 Å². The van der Waals surface area contributed by atoms with Crippen LogP contribution in [0.4, 0.5) is 5.82 Å². The van der Waals surface area contributed by atoms with Gasteiger partial charge in [0.25, 0.3) is 0 Å². The van der Waals surface area contributed by atoms with Gasteiger partial charge < -0.3 is 10.1 Å². The molecular formula is C11H18IN3O. The molecule has 0 saturated heterocycles. The van der Waals surface area contributed by atoms with Gasteiger partial charge in [-0.25, -0.2) is 9.97 Å². The van der Waals surface area contributed by atoms with Crippen molar-refractivity contribution < 1.29 is 4.74 Å². The zero-order valence-corrected chi connectivity index (χ0v) is 12.3. The van der Waals surface area contributed by atoms with Crippen molar-refractivity contribution in [2.45, 2.75) is 33.3 Å². The highest BCUT2D eigenvalue weighted by molar-refractivity contribution is 14.1. The Morgan fingerprint density at radius 1 is 1.38 bits per heavy atom. The van der Waals surface area contributed by atoms with Gasteiger partial charge in [0, 0.05) is 13.7 Å². The van der Waals surface area contributed by atoms with E-state index in [-0.39, 0.29) is 0 Å². The fourth-order valence-electron chi connectivity index (χ4n) is 1.32. The van der Waals surface area contributed by atoms with Gasteiger partial charge in [-0.05, 0) is 35.4 Å². The van der Waals surface area contributed by atoms with Crippen LogP contribution in [0.3, 0.4) is 0 Å². The molecule has 90 valence electrons. The molecule has 1 N–H and O–H groups in total. The van der Waals surface area contributed by atoms with E-state index in [2.05, 4.69) is 51.7 Å². The molecule has 0 aliphatic heterocycles. The summed E-state index contributed by atoms with van der Waals surface area (Å²) in [6.45, 7) is 7.39. The van der Waals surface area contributed by atoms with E-state index in [1.165, 1.54) is 0 Å². The molecule has 0 atom stereocenters. The highest BCUT2D eigenvalue weighted by atomic mass is 127. The number of nitrogens with zero attached hydrogens (tertiary/aromatic N) is 2. The van der Waals surface area contributed by atoms with Gasteiger partial charge >= 0.3 is 0 Å². The monoisotopic (exact) mass is 335 g/mol. The number of halogens is 1. The van der Waals surface area contributed by atoms with Crippen LogP contribution in [0.1, 0.15) is 38.2 Å². The van der Waals surface area contributed by atoms with Gasteiger partial charge in [-0.15, -0.1) is 0 Å².